The van der Waals surface area contributed by atoms with Crippen molar-refractivity contribution in [1.29, 1.82) is 0 Å². The summed E-state index contributed by atoms with van der Waals surface area (Å²) in [6.45, 7) is 2.18. The maximum Gasteiger partial charge on any atom is 0.291 e. The van der Waals surface area contributed by atoms with Gasteiger partial charge in [-0.05, 0) is 31.2 Å². The molecule has 1 heterocycles. The van der Waals surface area contributed by atoms with Crippen LogP contribution in [0.4, 0.5) is 10.8 Å². The smallest absolute Gasteiger partial charge is 0.291 e. The van der Waals surface area contributed by atoms with Crippen molar-refractivity contribution in [3.8, 4) is 5.75 Å². The van der Waals surface area contributed by atoms with Gasteiger partial charge >= 0.3 is 0 Å². The Balaban J connectivity index is 1.77. The number of hydrogen-bond acceptors (Lipinski definition) is 7. The highest BCUT2D eigenvalue weighted by atomic mass is 35.5. The number of halogens is 1. The zero-order valence-corrected chi connectivity index (χ0v) is 16.9. The van der Waals surface area contributed by atoms with E-state index in [4.69, 9.17) is 16.3 Å². The molecule has 0 unspecified atom stereocenters. The van der Waals surface area contributed by atoms with E-state index < -0.39 is 15.9 Å². The van der Waals surface area contributed by atoms with Gasteiger partial charge in [-0.15, -0.1) is 10.2 Å². The normalized spacial score (nSPS) is 11.1. The molecule has 11 heteroatoms. The lowest BCUT2D eigenvalue weighted by molar-refractivity contribution is 0.102. The van der Waals surface area contributed by atoms with Gasteiger partial charge in [0.1, 0.15) is 5.75 Å². The van der Waals surface area contributed by atoms with Crippen LogP contribution < -0.4 is 14.8 Å². The first-order valence-electron chi connectivity index (χ1n) is 8.04. The molecule has 0 bridgehead atoms. The number of aromatic nitrogens is 2. The second-order valence-electron chi connectivity index (χ2n) is 5.34. The van der Waals surface area contributed by atoms with E-state index in [1.807, 2.05) is 0 Å². The van der Waals surface area contributed by atoms with Gasteiger partial charge in [0.2, 0.25) is 5.13 Å². The largest absolute Gasteiger partial charge is 0.492 e. The summed E-state index contributed by atoms with van der Waals surface area (Å²) in [6.07, 6.45) is 0. The fourth-order valence-corrected chi connectivity index (χ4v) is 4.39. The number of rotatable bonds is 7. The minimum Gasteiger partial charge on any atom is -0.492 e. The standard InChI is InChI=1S/C17H15ClN4O4S2/c1-2-26-14-10-6-5-9-13(14)22-28(24,25)17-21-20-16(27-17)19-15(23)11-7-3-4-8-12(11)18/h3-10,22H,2H2,1H3,(H,19,20,23). The summed E-state index contributed by atoms with van der Waals surface area (Å²) in [4.78, 5) is 12.3. The molecule has 3 rings (SSSR count). The molecule has 8 nitrogen and oxygen atoms in total. The van der Waals surface area contributed by atoms with Crippen molar-refractivity contribution in [3.05, 3.63) is 59.1 Å². The summed E-state index contributed by atoms with van der Waals surface area (Å²) in [5, 5.41) is 10.2. The second kappa shape index (κ2) is 8.55. The molecule has 0 atom stereocenters. The topological polar surface area (TPSA) is 110 Å². The fraction of sp³-hybridized carbons (Fsp3) is 0.118. The molecule has 0 saturated heterocycles. The number of benzene rings is 2. The van der Waals surface area contributed by atoms with Gasteiger partial charge in [-0.2, -0.15) is 8.42 Å². The average molecular weight is 439 g/mol. The third kappa shape index (κ3) is 4.58. The molecule has 28 heavy (non-hydrogen) atoms. The van der Waals surface area contributed by atoms with Crippen molar-refractivity contribution >= 4 is 49.7 Å². The lowest BCUT2D eigenvalue weighted by atomic mass is 10.2. The Labute approximate surface area is 170 Å². The van der Waals surface area contributed by atoms with E-state index in [-0.39, 0.29) is 25.7 Å². The lowest BCUT2D eigenvalue weighted by Crippen LogP contribution is -2.13. The van der Waals surface area contributed by atoms with Crippen molar-refractivity contribution in [1.82, 2.24) is 10.2 Å². The van der Waals surface area contributed by atoms with Gasteiger partial charge in [0.15, 0.2) is 0 Å². The molecule has 1 aromatic heterocycles. The van der Waals surface area contributed by atoms with Crippen LogP contribution in [0.2, 0.25) is 5.02 Å². The number of carbonyl (C=O) groups excluding carboxylic acids is 1. The van der Waals surface area contributed by atoms with Gasteiger partial charge < -0.3 is 4.74 Å². The summed E-state index contributed by atoms with van der Waals surface area (Å²) >= 11 is 6.70. The Hall–Kier alpha value is -2.69. The van der Waals surface area contributed by atoms with Gasteiger partial charge in [-0.3, -0.25) is 14.8 Å². The molecular weight excluding hydrogens is 424 g/mol. The van der Waals surface area contributed by atoms with Crippen LogP contribution in [0.25, 0.3) is 0 Å². The minimum atomic E-state index is -4.00. The Morgan fingerprint density at radius 3 is 2.61 bits per heavy atom. The number of sulfonamides is 1. The first-order chi connectivity index (χ1) is 13.4. The van der Waals surface area contributed by atoms with Crippen LogP contribution in [0.1, 0.15) is 17.3 Å². The number of hydrogen-bond donors (Lipinski definition) is 2. The van der Waals surface area contributed by atoms with Crippen LogP contribution in [0.3, 0.4) is 0 Å². The quantitative estimate of drug-likeness (QED) is 0.545. The highest BCUT2D eigenvalue weighted by Crippen LogP contribution is 2.28. The molecule has 1 amide bonds. The van der Waals surface area contributed by atoms with Crippen LogP contribution in [-0.2, 0) is 10.0 Å². The molecule has 0 spiro atoms. The van der Waals surface area contributed by atoms with Crippen LogP contribution in [0, 0.1) is 0 Å². The Bertz CT molecular complexity index is 1100. The van der Waals surface area contributed by atoms with Crippen LogP contribution in [-0.4, -0.2) is 31.1 Å². The number of carbonyl (C=O) groups is 1. The van der Waals surface area contributed by atoms with E-state index in [0.717, 1.165) is 11.3 Å². The Kier molecular flexibility index (Phi) is 6.12. The van der Waals surface area contributed by atoms with Gasteiger partial charge in [0.05, 0.1) is 22.9 Å². The molecule has 3 aromatic rings. The lowest BCUT2D eigenvalue weighted by Gasteiger charge is -2.10. The zero-order valence-electron chi connectivity index (χ0n) is 14.5. The van der Waals surface area contributed by atoms with Crippen LogP contribution >= 0.6 is 22.9 Å². The van der Waals surface area contributed by atoms with Crippen molar-refractivity contribution in [3.63, 3.8) is 0 Å². The minimum absolute atomic E-state index is 0.0309. The maximum atomic E-state index is 12.6. The SMILES string of the molecule is CCOc1ccccc1NS(=O)(=O)c1nnc(NC(=O)c2ccccc2Cl)s1. The van der Waals surface area contributed by atoms with E-state index in [9.17, 15) is 13.2 Å². The summed E-state index contributed by atoms with van der Waals surface area (Å²) in [7, 11) is -4.00. The predicted molar refractivity (Wildman–Crippen MR) is 108 cm³/mol. The number of nitrogens with zero attached hydrogens (tertiary/aromatic N) is 2. The molecule has 0 radical (unpaired) electrons. The van der Waals surface area contributed by atoms with Gasteiger partial charge in [-0.1, -0.05) is 47.2 Å². The highest BCUT2D eigenvalue weighted by Gasteiger charge is 2.23. The van der Waals surface area contributed by atoms with Crippen molar-refractivity contribution in [2.24, 2.45) is 0 Å². The van der Waals surface area contributed by atoms with Crippen molar-refractivity contribution in [2.75, 3.05) is 16.6 Å². The third-order valence-electron chi connectivity index (χ3n) is 3.41. The first-order valence-corrected chi connectivity index (χ1v) is 10.7. The summed E-state index contributed by atoms with van der Waals surface area (Å²) in [5.41, 5.74) is 0.522. The van der Waals surface area contributed by atoms with E-state index in [2.05, 4.69) is 20.2 Å². The van der Waals surface area contributed by atoms with Gasteiger partial charge in [0, 0.05) is 0 Å². The van der Waals surface area contributed by atoms with E-state index in [1.54, 1.807) is 55.5 Å². The second-order valence-corrected chi connectivity index (χ2v) is 8.58. The van der Waals surface area contributed by atoms with E-state index in [0.29, 0.717) is 12.4 Å². The molecule has 2 aromatic carbocycles. The highest BCUT2D eigenvalue weighted by molar-refractivity contribution is 7.94. The zero-order chi connectivity index (χ0) is 20.1. The number of para-hydroxylation sites is 2. The molecule has 2 N–H and O–H groups in total. The third-order valence-corrected chi connectivity index (χ3v) is 6.31. The molecule has 0 aliphatic heterocycles. The number of nitrogens with one attached hydrogen (secondary N) is 2. The van der Waals surface area contributed by atoms with E-state index >= 15 is 0 Å². The molecule has 0 fully saturated rings. The number of ether oxygens (including phenoxy) is 1. The summed E-state index contributed by atoms with van der Waals surface area (Å²) in [6, 6.07) is 13.1. The first kappa shape index (κ1) is 20.1. The molecule has 146 valence electrons. The summed E-state index contributed by atoms with van der Waals surface area (Å²) < 4.78 is 32.7. The summed E-state index contributed by atoms with van der Waals surface area (Å²) in [5.74, 6) is -0.120. The van der Waals surface area contributed by atoms with Crippen molar-refractivity contribution in [2.45, 2.75) is 11.3 Å². The van der Waals surface area contributed by atoms with Gasteiger partial charge in [-0.25, -0.2) is 0 Å². The van der Waals surface area contributed by atoms with Crippen LogP contribution in [0.15, 0.2) is 52.9 Å². The van der Waals surface area contributed by atoms with E-state index in [1.165, 1.54) is 0 Å². The molecule has 0 aliphatic rings. The predicted octanol–water partition coefficient (Wildman–Crippen LogP) is 3.64. The molecular formula is C17H15ClN4O4S2. The molecule has 0 saturated carbocycles. The Morgan fingerprint density at radius 1 is 1.14 bits per heavy atom. The Morgan fingerprint density at radius 2 is 1.86 bits per heavy atom. The number of amides is 1. The molecule has 0 aliphatic carbocycles. The number of anilines is 2. The van der Waals surface area contributed by atoms with Crippen LogP contribution in [0.5, 0.6) is 5.75 Å². The average Bonchev–Trinajstić information content (AvgIpc) is 3.13. The maximum absolute atomic E-state index is 12.6. The van der Waals surface area contributed by atoms with Gasteiger partial charge in [0.25, 0.3) is 20.3 Å². The fourth-order valence-electron chi connectivity index (χ4n) is 2.20. The van der Waals surface area contributed by atoms with Crippen molar-refractivity contribution < 1.29 is 17.9 Å². The monoisotopic (exact) mass is 438 g/mol.